The summed E-state index contributed by atoms with van der Waals surface area (Å²) in [5.41, 5.74) is 0.674. The molecule has 0 spiro atoms. The first-order valence-corrected chi connectivity index (χ1v) is 6.33. The van der Waals surface area contributed by atoms with E-state index in [9.17, 15) is 9.59 Å². The lowest BCUT2D eigenvalue weighted by molar-refractivity contribution is -0.126. The molecule has 0 bridgehead atoms. The van der Waals surface area contributed by atoms with E-state index >= 15 is 0 Å². The van der Waals surface area contributed by atoms with E-state index in [0.717, 1.165) is 4.90 Å². The molecule has 0 N–H and O–H groups in total. The zero-order chi connectivity index (χ0) is 12.8. The van der Waals surface area contributed by atoms with Crippen LogP contribution in [0.25, 0.3) is 0 Å². The molecule has 1 rings (SSSR count). The van der Waals surface area contributed by atoms with Crippen LogP contribution < -0.4 is 0 Å². The Morgan fingerprint density at radius 1 is 1.18 bits per heavy atom. The smallest absolute Gasteiger partial charge is 0.187 e. The summed E-state index contributed by atoms with van der Waals surface area (Å²) in [4.78, 5) is 23.3. The van der Waals surface area contributed by atoms with Crippen LogP contribution in [0.4, 0.5) is 5.69 Å². The highest BCUT2D eigenvalue weighted by atomic mass is 32.2. The molecule has 17 heavy (non-hydrogen) atoms. The Hall–Kier alpha value is -1.49. The van der Waals surface area contributed by atoms with Crippen LogP contribution in [0.2, 0.25) is 0 Å². The molecule has 0 unspecified atom stereocenters. The highest BCUT2D eigenvalue weighted by Crippen LogP contribution is 2.27. The van der Waals surface area contributed by atoms with Crippen LogP contribution >= 0.6 is 11.8 Å². The predicted octanol–water partition coefficient (Wildman–Crippen LogP) is 3.04. The lowest BCUT2D eigenvalue weighted by atomic mass is 10.1. The molecule has 1 aromatic carbocycles. The number of hydrogen-bond acceptors (Lipinski definition) is 5. The third-order valence-corrected chi connectivity index (χ3v) is 2.92. The molecule has 0 atom stereocenters. The van der Waals surface area contributed by atoms with Crippen LogP contribution in [-0.2, 0) is 9.59 Å². The predicted molar refractivity (Wildman–Crippen MR) is 67.9 cm³/mol. The van der Waals surface area contributed by atoms with Crippen molar-refractivity contribution in [2.75, 3.05) is 6.26 Å². The average Bonchev–Trinajstić information content (AvgIpc) is 2.29. The van der Waals surface area contributed by atoms with E-state index in [2.05, 4.69) is 10.2 Å². The first kappa shape index (κ1) is 13.6. The molecule has 1 aromatic rings. The molecule has 4 nitrogen and oxygen atoms in total. The lowest BCUT2D eigenvalue weighted by Crippen LogP contribution is -2.23. The van der Waals surface area contributed by atoms with Gasteiger partial charge in [0, 0.05) is 4.90 Å². The molecule has 0 saturated carbocycles. The summed E-state index contributed by atoms with van der Waals surface area (Å²) in [7, 11) is 0. The molecular formula is C12H14N2O2S. The maximum absolute atomic E-state index is 11.2. The molecule has 0 fully saturated rings. The van der Waals surface area contributed by atoms with Crippen molar-refractivity contribution in [2.45, 2.75) is 24.8 Å². The number of hydrogen-bond donors (Lipinski definition) is 0. The van der Waals surface area contributed by atoms with Crippen LogP contribution in [0.3, 0.4) is 0 Å². The minimum atomic E-state index is -0.982. The number of ketones is 2. The van der Waals surface area contributed by atoms with Crippen molar-refractivity contribution < 1.29 is 9.59 Å². The van der Waals surface area contributed by atoms with Gasteiger partial charge < -0.3 is 0 Å². The largest absolute Gasteiger partial charge is 0.297 e. The van der Waals surface area contributed by atoms with Gasteiger partial charge in [0.05, 0.1) is 5.69 Å². The second-order valence-corrected chi connectivity index (χ2v) is 4.36. The van der Waals surface area contributed by atoms with Gasteiger partial charge >= 0.3 is 0 Å². The van der Waals surface area contributed by atoms with Crippen LogP contribution in [0.15, 0.2) is 39.4 Å². The van der Waals surface area contributed by atoms with Gasteiger partial charge in [0.1, 0.15) is 0 Å². The molecule has 0 radical (unpaired) electrons. The Morgan fingerprint density at radius 2 is 1.76 bits per heavy atom. The maximum atomic E-state index is 11.2. The van der Waals surface area contributed by atoms with Crippen molar-refractivity contribution >= 4 is 29.0 Å². The number of carbonyl (C=O) groups excluding carboxylic acids is 2. The summed E-state index contributed by atoms with van der Waals surface area (Å²) >= 11 is 1.54. The van der Waals surface area contributed by atoms with Crippen LogP contribution in [0.5, 0.6) is 0 Å². The third-order valence-electron chi connectivity index (χ3n) is 2.14. The Morgan fingerprint density at radius 3 is 2.29 bits per heavy atom. The number of thioether (sulfide) groups is 1. The normalized spacial score (nSPS) is 11.1. The van der Waals surface area contributed by atoms with Crippen molar-refractivity contribution in [1.29, 1.82) is 0 Å². The monoisotopic (exact) mass is 250 g/mol. The van der Waals surface area contributed by atoms with Crippen LogP contribution in [0.1, 0.15) is 13.8 Å². The molecule has 0 aromatic heterocycles. The van der Waals surface area contributed by atoms with E-state index in [4.69, 9.17) is 0 Å². The van der Waals surface area contributed by atoms with Gasteiger partial charge in [-0.3, -0.25) is 9.59 Å². The Kier molecular flexibility index (Phi) is 5.03. The number of azo groups is 1. The Balaban J connectivity index is 2.96. The van der Waals surface area contributed by atoms with Gasteiger partial charge in [0.15, 0.2) is 17.6 Å². The van der Waals surface area contributed by atoms with Crippen molar-refractivity contribution in [3.05, 3.63) is 24.3 Å². The SMILES string of the molecule is CSc1ccccc1N=NC(C(C)=O)C(C)=O. The van der Waals surface area contributed by atoms with E-state index in [-0.39, 0.29) is 11.6 Å². The van der Waals surface area contributed by atoms with Crippen molar-refractivity contribution in [3.63, 3.8) is 0 Å². The molecule has 0 aliphatic carbocycles. The number of Topliss-reactive ketones (excluding diaryl/α,β-unsaturated/α-hetero) is 2. The molecule has 0 aliphatic rings. The first-order valence-electron chi connectivity index (χ1n) is 5.11. The molecule has 0 saturated heterocycles. The zero-order valence-electron chi connectivity index (χ0n) is 10.0. The highest BCUT2D eigenvalue weighted by Gasteiger charge is 2.18. The van der Waals surface area contributed by atoms with Crippen LogP contribution in [-0.4, -0.2) is 23.9 Å². The maximum Gasteiger partial charge on any atom is 0.187 e. The summed E-state index contributed by atoms with van der Waals surface area (Å²) < 4.78 is 0. The first-order chi connectivity index (χ1) is 8.06. The van der Waals surface area contributed by atoms with E-state index < -0.39 is 6.04 Å². The van der Waals surface area contributed by atoms with Gasteiger partial charge in [-0.15, -0.1) is 11.8 Å². The number of rotatable bonds is 5. The van der Waals surface area contributed by atoms with Crippen molar-refractivity contribution in [1.82, 2.24) is 0 Å². The van der Waals surface area contributed by atoms with E-state index in [1.54, 1.807) is 17.8 Å². The lowest BCUT2D eigenvalue weighted by Gasteiger charge is -2.03. The summed E-state index contributed by atoms with van der Waals surface area (Å²) in [6.45, 7) is 2.68. The van der Waals surface area contributed by atoms with Crippen molar-refractivity contribution in [2.24, 2.45) is 10.2 Å². The minimum absolute atomic E-state index is 0.289. The van der Waals surface area contributed by atoms with Gasteiger partial charge in [0.25, 0.3) is 0 Å². The van der Waals surface area contributed by atoms with Crippen LogP contribution in [0, 0.1) is 0 Å². The van der Waals surface area contributed by atoms with E-state index in [1.165, 1.54) is 13.8 Å². The number of nitrogens with zero attached hydrogens (tertiary/aromatic N) is 2. The summed E-state index contributed by atoms with van der Waals surface area (Å²) in [6, 6.07) is 6.47. The summed E-state index contributed by atoms with van der Waals surface area (Å²) in [5.74, 6) is -0.578. The molecular weight excluding hydrogens is 236 g/mol. The fourth-order valence-corrected chi connectivity index (χ4v) is 1.81. The Bertz CT molecular complexity index is 444. The summed E-state index contributed by atoms with van der Waals surface area (Å²) in [6.07, 6.45) is 1.93. The standard InChI is InChI=1S/C12H14N2O2S/c1-8(15)12(9(2)16)14-13-10-6-4-5-7-11(10)17-3/h4-7,12H,1-3H3. The fraction of sp³-hybridized carbons (Fsp3) is 0.333. The summed E-state index contributed by atoms with van der Waals surface area (Å²) in [5, 5.41) is 7.80. The zero-order valence-corrected chi connectivity index (χ0v) is 10.8. The van der Waals surface area contributed by atoms with Gasteiger partial charge in [-0.1, -0.05) is 12.1 Å². The minimum Gasteiger partial charge on any atom is -0.297 e. The second-order valence-electron chi connectivity index (χ2n) is 3.51. The number of carbonyl (C=O) groups is 2. The Labute approximate surface area is 105 Å². The van der Waals surface area contributed by atoms with Gasteiger partial charge in [-0.25, -0.2) is 0 Å². The van der Waals surface area contributed by atoms with Crippen molar-refractivity contribution in [3.8, 4) is 0 Å². The molecule has 0 aliphatic heterocycles. The molecule has 5 heteroatoms. The van der Waals surface area contributed by atoms with Gasteiger partial charge in [0.2, 0.25) is 0 Å². The average molecular weight is 250 g/mol. The molecule has 0 amide bonds. The van der Waals surface area contributed by atoms with E-state index in [1.807, 2.05) is 24.5 Å². The fourth-order valence-electron chi connectivity index (χ4n) is 1.28. The molecule has 90 valence electrons. The second kappa shape index (κ2) is 6.30. The quantitative estimate of drug-likeness (QED) is 0.458. The number of benzene rings is 1. The van der Waals surface area contributed by atoms with E-state index in [0.29, 0.717) is 5.69 Å². The van der Waals surface area contributed by atoms with Gasteiger partial charge in [-0.05, 0) is 32.2 Å². The highest BCUT2D eigenvalue weighted by molar-refractivity contribution is 7.98. The third kappa shape index (κ3) is 3.78. The molecule has 0 heterocycles. The topological polar surface area (TPSA) is 58.9 Å². The van der Waals surface area contributed by atoms with Gasteiger partial charge in [-0.2, -0.15) is 10.2 Å².